The SMILES string of the molecule is C=C/C(C)=C(/C)C(C)=NC. The third-order valence-electron chi connectivity index (χ3n) is 1.78. The van der Waals surface area contributed by atoms with Crippen LogP contribution in [0.15, 0.2) is 28.8 Å². The summed E-state index contributed by atoms with van der Waals surface area (Å²) in [5.41, 5.74) is 3.50. The Labute approximate surface area is 63.2 Å². The van der Waals surface area contributed by atoms with E-state index in [-0.39, 0.29) is 0 Å². The molecule has 0 aromatic rings. The number of hydrogen-bond acceptors (Lipinski definition) is 1. The normalized spacial score (nSPS) is 14.6. The van der Waals surface area contributed by atoms with Crippen LogP contribution in [0.3, 0.4) is 0 Å². The molecule has 0 aliphatic carbocycles. The van der Waals surface area contributed by atoms with Crippen LogP contribution in [-0.2, 0) is 0 Å². The van der Waals surface area contributed by atoms with Crippen LogP contribution in [0, 0.1) is 0 Å². The molecule has 0 atom stereocenters. The largest absolute Gasteiger partial charge is 0.293 e. The molecule has 10 heavy (non-hydrogen) atoms. The van der Waals surface area contributed by atoms with Gasteiger partial charge in [-0.05, 0) is 31.9 Å². The van der Waals surface area contributed by atoms with Gasteiger partial charge in [-0.2, -0.15) is 0 Å². The molecule has 0 bridgehead atoms. The van der Waals surface area contributed by atoms with Gasteiger partial charge >= 0.3 is 0 Å². The van der Waals surface area contributed by atoms with Gasteiger partial charge < -0.3 is 0 Å². The summed E-state index contributed by atoms with van der Waals surface area (Å²) in [7, 11) is 1.80. The van der Waals surface area contributed by atoms with Crippen molar-refractivity contribution in [2.45, 2.75) is 20.8 Å². The minimum absolute atomic E-state index is 1.08. The maximum atomic E-state index is 4.07. The fourth-order valence-electron chi connectivity index (χ4n) is 0.606. The second-order valence-electron chi connectivity index (χ2n) is 2.32. The molecule has 0 saturated carbocycles. The fraction of sp³-hybridized carbons (Fsp3) is 0.444. The molecule has 0 rings (SSSR count). The first-order chi connectivity index (χ1) is 4.63. The summed E-state index contributed by atoms with van der Waals surface area (Å²) in [4.78, 5) is 4.07. The number of nitrogens with zero attached hydrogens (tertiary/aromatic N) is 1. The smallest absolute Gasteiger partial charge is 0.0345 e. The van der Waals surface area contributed by atoms with E-state index in [1.807, 2.05) is 19.9 Å². The summed E-state index contributed by atoms with van der Waals surface area (Å²) >= 11 is 0. The first-order valence-corrected chi connectivity index (χ1v) is 3.37. The maximum absolute atomic E-state index is 4.07. The molecule has 0 aliphatic heterocycles. The zero-order valence-corrected chi connectivity index (χ0v) is 7.23. The van der Waals surface area contributed by atoms with Crippen molar-refractivity contribution in [2.24, 2.45) is 4.99 Å². The first-order valence-electron chi connectivity index (χ1n) is 3.37. The van der Waals surface area contributed by atoms with Gasteiger partial charge in [-0.3, -0.25) is 4.99 Å². The lowest BCUT2D eigenvalue weighted by Crippen LogP contribution is -1.94. The van der Waals surface area contributed by atoms with Crippen molar-refractivity contribution < 1.29 is 0 Å². The Morgan fingerprint density at radius 1 is 1.30 bits per heavy atom. The second kappa shape index (κ2) is 4.04. The third-order valence-corrected chi connectivity index (χ3v) is 1.78. The summed E-state index contributed by atoms with van der Waals surface area (Å²) in [6.07, 6.45) is 1.85. The predicted octanol–water partition coefficient (Wildman–Crippen LogP) is 2.60. The Balaban J connectivity index is 4.63. The number of allylic oxidation sites excluding steroid dienone is 3. The molecule has 0 aromatic heterocycles. The second-order valence-corrected chi connectivity index (χ2v) is 2.32. The van der Waals surface area contributed by atoms with Gasteiger partial charge in [0.2, 0.25) is 0 Å². The highest BCUT2D eigenvalue weighted by Gasteiger charge is 1.94. The maximum Gasteiger partial charge on any atom is 0.0345 e. The van der Waals surface area contributed by atoms with E-state index in [2.05, 4.69) is 18.5 Å². The van der Waals surface area contributed by atoms with Crippen molar-refractivity contribution in [3.05, 3.63) is 23.8 Å². The topological polar surface area (TPSA) is 12.4 Å². The van der Waals surface area contributed by atoms with Gasteiger partial charge in [-0.25, -0.2) is 0 Å². The standard InChI is InChI=1S/C9H15N/c1-6-7(2)8(3)9(4)10-5/h6H,1H2,2-5H3/b8-7-,10-9?. The summed E-state index contributed by atoms with van der Waals surface area (Å²) in [5.74, 6) is 0. The molecule has 0 amide bonds. The minimum Gasteiger partial charge on any atom is -0.293 e. The molecule has 1 nitrogen and oxygen atoms in total. The summed E-state index contributed by atoms with van der Waals surface area (Å²) in [6, 6.07) is 0. The number of aliphatic imine (C=N–C) groups is 1. The quantitative estimate of drug-likeness (QED) is 0.410. The van der Waals surface area contributed by atoms with Crippen molar-refractivity contribution in [3.63, 3.8) is 0 Å². The van der Waals surface area contributed by atoms with E-state index in [0.29, 0.717) is 0 Å². The van der Waals surface area contributed by atoms with E-state index in [4.69, 9.17) is 0 Å². The van der Waals surface area contributed by atoms with Gasteiger partial charge in [0.05, 0.1) is 0 Å². The molecule has 0 N–H and O–H groups in total. The van der Waals surface area contributed by atoms with Gasteiger partial charge in [0, 0.05) is 12.8 Å². The van der Waals surface area contributed by atoms with E-state index in [1.165, 1.54) is 11.1 Å². The molecule has 1 heteroatoms. The van der Waals surface area contributed by atoms with Gasteiger partial charge in [0.1, 0.15) is 0 Å². The molecule has 0 aliphatic rings. The molecule has 0 radical (unpaired) electrons. The van der Waals surface area contributed by atoms with Crippen molar-refractivity contribution in [3.8, 4) is 0 Å². The lowest BCUT2D eigenvalue weighted by Gasteiger charge is -2.01. The van der Waals surface area contributed by atoms with Crippen LogP contribution in [0.25, 0.3) is 0 Å². The molecule has 0 aromatic carbocycles. The molecule has 0 unspecified atom stereocenters. The van der Waals surface area contributed by atoms with Crippen LogP contribution in [-0.4, -0.2) is 12.8 Å². The van der Waals surface area contributed by atoms with E-state index < -0.39 is 0 Å². The van der Waals surface area contributed by atoms with Crippen molar-refractivity contribution in [1.82, 2.24) is 0 Å². The van der Waals surface area contributed by atoms with Crippen molar-refractivity contribution in [1.29, 1.82) is 0 Å². The molecule has 56 valence electrons. The predicted molar refractivity (Wildman–Crippen MR) is 47.6 cm³/mol. The van der Waals surface area contributed by atoms with E-state index in [1.54, 1.807) is 7.05 Å². The number of rotatable bonds is 2. The Morgan fingerprint density at radius 2 is 1.80 bits per heavy atom. The molecular weight excluding hydrogens is 122 g/mol. The van der Waals surface area contributed by atoms with Crippen LogP contribution < -0.4 is 0 Å². The highest BCUT2D eigenvalue weighted by molar-refractivity contribution is 5.98. The van der Waals surface area contributed by atoms with Gasteiger partial charge in [-0.1, -0.05) is 12.7 Å². The van der Waals surface area contributed by atoms with Crippen LogP contribution >= 0.6 is 0 Å². The summed E-state index contributed by atoms with van der Waals surface area (Å²) in [5, 5.41) is 0. The molecule has 0 saturated heterocycles. The highest BCUT2D eigenvalue weighted by Crippen LogP contribution is 2.05. The molecule has 0 spiro atoms. The number of hydrogen-bond donors (Lipinski definition) is 0. The van der Waals surface area contributed by atoms with Crippen molar-refractivity contribution in [2.75, 3.05) is 7.05 Å². The molecule has 0 heterocycles. The Morgan fingerprint density at radius 3 is 2.10 bits per heavy atom. The zero-order chi connectivity index (χ0) is 8.15. The fourth-order valence-corrected chi connectivity index (χ4v) is 0.606. The third kappa shape index (κ3) is 2.18. The Bertz CT molecular complexity index is 185. The van der Waals surface area contributed by atoms with E-state index in [9.17, 15) is 0 Å². The lowest BCUT2D eigenvalue weighted by molar-refractivity contribution is 1.34. The van der Waals surface area contributed by atoms with Crippen LogP contribution in [0.4, 0.5) is 0 Å². The average molecular weight is 137 g/mol. The van der Waals surface area contributed by atoms with Crippen molar-refractivity contribution >= 4 is 5.71 Å². The zero-order valence-electron chi connectivity index (χ0n) is 7.23. The Hall–Kier alpha value is -0.850. The van der Waals surface area contributed by atoms with E-state index >= 15 is 0 Å². The molecular formula is C9H15N. The highest BCUT2D eigenvalue weighted by atomic mass is 14.7. The van der Waals surface area contributed by atoms with Gasteiger partial charge in [0.25, 0.3) is 0 Å². The van der Waals surface area contributed by atoms with Crippen LogP contribution in [0.1, 0.15) is 20.8 Å². The van der Waals surface area contributed by atoms with Gasteiger partial charge in [0.15, 0.2) is 0 Å². The average Bonchev–Trinajstić information content (AvgIpc) is 2.00. The Kier molecular flexibility index (Phi) is 3.70. The summed E-state index contributed by atoms with van der Waals surface area (Å²) in [6.45, 7) is 9.78. The van der Waals surface area contributed by atoms with E-state index in [0.717, 1.165) is 5.71 Å². The molecule has 0 fully saturated rings. The minimum atomic E-state index is 1.08. The van der Waals surface area contributed by atoms with Crippen LogP contribution in [0.2, 0.25) is 0 Å². The van der Waals surface area contributed by atoms with Crippen LogP contribution in [0.5, 0.6) is 0 Å². The van der Waals surface area contributed by atoms with Gasteiger partial charge in [-0.15, -0.1) is 0 Å². The first kappa shape index (κ1) is 9.15. The lowest BCUT2D eigenvalue weighted by atomic mass is 10.1. The summed E-state index contributed by atoms with van der Waals surface area (Å²) < 4.78 is 0. The monoisotopic (exact) mass is 137 g/mol.